The number of rotatable bonds is 10. The highest BCUT2D eigenvalue weighted by molar-refractivity contribution is 7.66. The van der Waals surface area contributed by atoms with E-state index in [9.17, 15) is 28.5 Å². The number of phosphoric acid groups is 3. The molecule has 0 saturated carbocycles. The third-order valence-corrected chi connectivity index (χ3v) is 8.07. The Kier molecular flexibility index (Phi) is 9.85. The first-order valence-corrected chi connectivity index (χ1v) is 14.0. The summed E-state index contributed by atoms with van der Waals surface area (Å²) in [5.74, 6) is 5.76. The van der Waals surface area contributed by atoms with Gasteiger partial charge in [0.1, 0.15) is 18.2 Å². The van der Waals surface area contributed by atoms with Crippen LogP contribution in [0.4, 0.5) is 4.79 Å². The number of nitrogens with zero attached hydrogens (tertiary/aromatic N) is 1. The Morgan fingerprint density at radius 1 is 1.18 bits per heavy atom. The quantitative estimate of drug-likeness (QED) is 0.0896. The number of amides is 2. The lowest BCUT2D eigenvalue weighted by Crippen LogP contribution is -2.52. The molecule has 1 fully saturated rings. The second kappa shape index (κ2) is 11.6. The predicted molar refractivity (Wildman–Crippen MR) is 112 cm³/mol. The molecule has 0 aliphatic carbocycles. The Morgan fingerprint density at radius 2 is 1.85 bits per heavy atom. The van der Waals surface area contributed by atoms with Crippen LogP contribution in [-0.4, -0.2) is 73.7 Å². The Hall–Kier alpha value is -1.34. The number of phosphoric ester groups is 1. The van der Waals surface area contributed by atoms with Gasteiger partial charge in [-0.2, -0.15) is 8.62 Å². The first-order chi connectivity index (χ1) is 15.6. The van der Waals surface area contributed by atoms with Crippen LogP contribution < -0.4 is 16.8 Å². The van der Waals surface area contributed by atoms with Crippen LogP contribution in [-0.2, 0) is 31.6 Å². The van der Waals surface area contributed by atoms with E-state index in [-0.39, 0.29) is 18.8 Å². The fourth-order valence-electron chi connectivity index (χ4n) is 2.82. The van der Waals surface area contributed by atoms with Crippen LogP contribution in [0.25, 0.3) is 0 Å². The zero-order valence-corrected chi connectivity index (χ0v) is 20.1. The van der Waals surface area contributed by atoms with E-state index in [1.54, 1.807) is 0 Å². The number of aliphatic hydroxyl groups is 1. The summed E-state index contributed by atoms with van der Waals surface area (Å²) in [6.45, 7) is -0.449. The number of unbranched alkanes of at least 4 members (excludes halogenated alkanes) is 1. The van der Waals surface area contributed by atoms with Crippen molar-refractivity contribution in [2.75, 3.05) is 19.7 Å². The Labute approximate surface area is 193 Å². The van der Waals surface area contributed by atoms with Gasteiger partial charge in [0.25, 0.3) is 0 Å². The topological polar surface area (TPSA) is 274 Å². The van der Waals surface area contributed by atoms with Crippen molar-refractivity contribution < 1.29 is 61.1 Å². The van der Waals surface area contributed by atoms with Crippen molar-refractivity contribution in [3.63, 3.8) is 0 Å². The van der Waals surface area contributed by atoms with Crippen LogP contribution in [0.3, 0.4) is 0 Å². The third-order valence-electron chi connectivity index (χ3n) is 4.27. The summed E-state index contributed by atoms with van der Waals surface area (Å²) in [6, 6.07) is -0.643. The maximum atomic E-state index is 12.3. The lowest BCUT2D eigenvalue weighted by molar-refractivity contribution is -0.0615. The van der Waals surface area contributed by atoms with Crippen molar-refractivity contribution in [2.45, 2.75) is 37.7 Å². The van der Waals surface area contributed by atoms with E-state index in [4.69, 9.17) is 30.9 Å². The van der Waals surface area contributed by atoms with E-state index >= 15 is 0 Å². The standard InChI is InChI=1S/C14H25N4O13P3/c15-5-3-1-2-4-9-7-18(14(20)17-13(9)16)12-6-10(19)11(29-12)8-28-33(24,25)31-34(26,27)30-32(21,22)23/h10-12,19H,1,3,5-8,15-16H2,(H,17,20)(H,24,25)(H,26,27)(H2,21,22,23)/t10-,11+,12+/m0/s1. The van der Waals surface area contributed by atoms with Gasteiger partial charge >= 0.3 is 29.5 Å². The van der Waals surface area contributed by atoms with Gasteiger partial charge in [-0.3, -0.25) is 14.7 Å². The van der Waals surface area contributed by atoms with Crippen LogP contribution in [0, 0.1) is 11.8 Å². The maximum absolute atomic E-state index is 12.3. The van der Waals surface area contributed by atoms with Gasteiger partial charge in [0.15, 0.2) is 0 Å². The van der Waals surface area contributed by atoms with Crippen LogP contribution in [0.5, 0.6) is 0 Å². The predicted octanol–water partition coefficient (Wildman–Crippen LogP) is -1.26. The molecule has 194 valence electrons. The number of nitrogens with one attached hydrogen (secondary N) is 1. The molecular weight excluding hydrogens is 525 g/mol. The first-order valence-electron chi connectivity index (χ1n) is 9.49. The molecule has 0 aromatic heterocycles. The molecule has 0 bridgehead atoms. The third kappa shape index (κ3) is 9.03. The smallest absolute Gasteiger partial charge is 0.390 e. The SMILES string of the molecule is NCCCC#CC1=C(N)NC(=O)N([C@H]2C[C@H](O)[C@@H](COP(=O)(O)OP(=O)(O)OP(=O)(O)O)O2)C1. The van der Waals surface area contributed by atoms with Crippen molar-refractivity contribution in [1.82, 2.24) is 10.2 Å². The van der Waals surface area contributed by atoms with Gasteiger partial charge in [-0.15, -0.1) is 0 Å². The largest absolute Gasteiger partial charge is 0.490 e. The molecule has 2 unspecified atom stereocenters. The fraction of sp³-hybridized carbons (Fsp3) is 0.643. The Balaban J connectivity index is 1.98. The van der Waals surface area contributed by atoms with Crippen LogP contribution in [0.2, 0.25) is 0 Å². The Bertz CT molecular complexity index is 1000. The van der Waals surface area contributed by atoms with E-state index in [1.165, 1.54) is 4.90 Å². The summed E-state index contributed by atoms with van der Waals surface area (Å²) in [4.78, 5) is 49.2. The van der Waals surface area contributed by atoms with Gasteiger partial charge in [0.2, 0.25) is 0 Å². The molecule has 5 atom stereocenters. The number of nitrogens with two attached hydrogens (primary N) is 2. The summed E-state index contributed by atoms with van der Waals surface area (Å²) in [6.07, 6.45) is -2.55. The second-order valence-electron chi connectivity index (χ2n) is 6.96. The number of hydrogen-bond donors (Lipinski definition) is 8. The van der Waals surface area contributed by atoms with Crippen molar-refractivity contribution in [3.8, 4) is 11.8 Å². The van der Waals surface area contributed by atoms with E-state index in [0.717, 1.165) is 0 Å². The maximum Gasteiger partial charge on any atom is 0.490 e. The van der Waals surface area contributed by atoms with Gasteiger partial charge in [0, 0.05) is 12.8 Å². The molecular formula is C14H25N4O13P3. The van der Waals surface area contributed by atoms with E-state index in [2.05, 4.69) is 30.3 Å². The average molecular weight is 550 g/mol. The fourth-order valence-corrected chi connectivity index (χ4v) is 5.85. The van der Waals surface area contributed by atoms with E-state index in [1.807, 2.05) is 0 Å². The van der Waals surface area contributed by atoms with E-state index < -0.39 is 54.5 Å². The van der Waals surface area contributed by atoms with Crippen molar-refractivity contribution in [3.05, 3.63) is 11.4 Å². The number of carbonyl (C=O) groups is 1. The molecule has 2 heterocycles. The van der Waals surface area contributed by atoms with Gasteiger partial charge in [-0.25, -0.2) is 18.5 Å². The molecule has 2 amide bonds. The summed E-state index contributed by atoms with van der Waals surface area (Å²) in [5.41, 5.74) is 11.6. The highest BCUT2D eigenvalue weighted by Crippen LogP contribution is 2.66. The molecule has 0 aromatic carbocycles. The number of carbonyl (C=O) groups excluding carboxylic acids is 1. The minimum absolute atomic E-state index is 0.0483. The summed E-state index contributed by atoms with van der Waals surface area (Å²) in [5, 5.41) is 12.6. The average Bonchev–Trinajstić information content (AvgIpc) is 3.02. The van der Waals surface area contributed by atoms with Crippen molar-refractivity contribution in [2.24, 2.45) is 11.5 Å². The summed E-state index contributed by atoms with van der Waals surface area (Å²) >= 11 is 0. The minimum atomic E-state index is -5.68. The van der Waals surface area contributed by atoms with Crippen LogP contribution in [0.1, 0.15) is 19.3 Å². The monoisotopic (exact) mass is 550 g/mol. The molecule has 2 aliphatic rings. The normalized spacial score (nSPS) is 26.9. The molecule has 20 heteroatoms. The molecule has 1 saturated heterocycles. The first kappa shape index (κ1) is 28.9. The zero-order chi connectivity index (χ0) is 25.7. The number of ether oxygens (including phenoxy) is 1. The number of urea groups is 1. The molecule has 17 nitrogen and oxygen atoms in total. The van der Waals surface area contributed by atoms with Gasteiger partial charge in [-0.1, -0.05) is 11.8 Å². The van der Waals surface area contributed by atoms with Gasteiger partial charge < -0.3 is 40.9 Å². The lowest BCUT2D eigenvalue weighted by atomic mass is 10.1. The highest BCUT2D eigenvalue weighted by atomic mass is 31.3. The van der Waals surface area contributed by atoms with Crippen molar-refractivity contribution in [1.29, 1.82) is 0 Å². The van der Waals surface area contributed by atoms with Crippen LogP contribution in [0.15, 0.2) is 11.4 Å². The van der Waals surface area contributed by atoms with Gasteiger partial charge in [0.05, 0.1) is 24.8 Å². The second-order valence-corrected chi connectivity index (χ2v) is 11.4. The number of hydrogen-bond acceptors (Lipinski definition) is 11. The Morgan fingerprint density at radius 3 is 2.47 bits per heavy atom. The summed E-state index contributed by atoms with van der Waals surface area (Å²) < 4.78 is 51.0. The van der Waals surface area contributed by atoms with Gasteiger partial charge in [-0.05, 0) is 13.0 Å². The molecule has 0 spiro atoms. The molecule has 34 heavy (non-hydrogen) atoms. The van der Waals surface area contributed by atoms with Crippen LogP contribution >= 0.6 is 23.5 Å². The molecule has 2 aliphatic heterocycles. The van der Waals surface area contributed by atoms with E-state index in [0.29, 0.717) is 25.0 Å². The summed E-state index contributed by atoms with van der Waals surface area (Å²) in [7, 11) is -16.6. The lowest BCUT2D eigenvalue weighted by Gasteiger charge is -2.32. The molecule has 10 N–H and O–H groups in total. The number of aliphatic hydroxyl groups excluding tert-OH is 1. The van der Waals surface area contributed by atoms with Crippen molar-refractivity contribution >= 4 is 29.5 Å². The molecule has 0 aromatic rings. The minimum Gasteiger partial charge on any atom is -0.390 e. The highest BCUT2D eigenvalue weighted by Gasteiger charge is 2.44. The molecule has 2 rings (SSSR count). The zero-order valence-electron chi connectivity index (χ0n) is 17.4. The molecule has 0 radical (unpaired) electrons.